The number of ether oxygens (including phenoxy) is 2. The molecule has 7 nitrogen and oxygen atoms in total. The molecule has 0 radical (unpaired) electrons. The number of amides is 1. The van der Waals surface area contributed by atoms with Gasteiger partial charge in [-0.3, -0.25) is 4.79 Å². The fourth-order valence-electron chi connectivity index (χ4n) is 2.75. The average molecular weight is 412 g/mol. The minimum absolute atomic E-state index is 0.189. The van der Waals surface area contributed by atoms with E-state index in [4.69, 9.17) is 9.47 Å². The van der Waals surface area contributed by atoms with Crippen molar-refractivity contribution in [3.8, 4) is 16.6 Å². The van der Waals surface area contributed by atoms with Gasteiger partial charge in [0.05, 0.1) is 17.5 Å². The predicted molar refractivity (Wildman–Crippen MR) is 109 cm³/mol. The van der Waals surface area contributed by atoms with Crippen LogP contribution in [0.3, 0.4) is 0 Å². The fourth-order valence-corrected chi connectivity index (χ4v) is 3.69. The normalized spacial score (nSPS) is 10.9. The third kappa shape index (κ3) is 4.04. The molecule has 0 spiro atoms. The van der Waals surface area contributed by atoms with Crippen LogP contribution in [0, 0.1) is 12.7 Å². The molecular weight excluding hydrogens is 395 g/mol. The van der Waals surface area contributed by atoms with Crippen molar-refractivity contribution in [2.75, 3.05) is 19.0 Å². The molecule has 0 bridgehead atoms. The number of nitrogens with one attached hydrogen (secondary N) is 1. The van der Waals surface area contributed by atoms with Crippen molar-refractivity contribution in [3.63, 3.8) is 0 Å². The van der Waals surface area contributed by atoms with Crippen molar-refractivity contribution in [2.45, 2.75) is 6.92 Å². The van der Waals surface area contributed by atoms with Crippen LogP contribution in [-0.2, 0) is 4.79 Å². The van der Waals surface area contributed by atoms with Gasteiger partial charge in [0.1, 0.15) is 28.7 Å². The third-order valence-corrected chi connectivity index (χ3v) is 5.05. The number of carbonyl (C=O) groups excluding carboxylic acids is 1. The van der Waals surface area contributed by atoms with E-state index < -0.39 is 5.82 Å². The fraction of sp³-hybridized carbons (Fsp3) is 0.150. The number of hydrogen-bond donors (Lipinski definition) is 1. The van der Waals surface area contributed by atoms with E-state index in [9.17, 15) is 9.18 Å². The van der Waals surface area contributed by atoms with Crippen LogP contribution >= 0.6 is 11.3 Å². The molecule has 0 fully saturated rings. The van der Waals surface area contributed by atoms with Gasteiger partial charge in [0.15, 0.2) is 6.61 Å². The Labute approximate surface area is 169 Å². The summed E-state index contributed by atoms with van der Waals surface area (Å²) in [6.07, 6.45) is 0. The summed E-state index contributed by atoms with van der Waals surface area (Å²) in [5, 5.41) is 7.60. The number of carbonyl (C=O) groups is 1. The van der Waals surface area contributed by atoms with Crippen LogP contribution in [0.4, 0.5) is 10.2 Å². The molecule has 148 valence electrons. The van der Waals surface area contributed by atoms with Crippen molar-refractivity contribution >= 4 is 33.3 Å². The second-order valence-corrected chi connectivity index (χ2v) is 7.19. The van der Waals surface area contributed by atoms with E-state index >= 15 is 0 Å². The van der Waals surface area contributed by atoms with Gasteiger partial charge in [-0.1, -0.05) is 23.5 Å². The molecule has 0 saturated carbocycles. The van der Waals surface area contributed by atoms with Gasteiger partial charge >= 0.3 is 0 Å². The molecule has 2 aromatic heterocycles. The minimum Gasteiger partial charge on any atom is -0.497 e. The van der Waals surface area contributed by atoms with E-state index in [2.05, 4.69) is 15.4 Å². The number of hydrogen-bond acceptors (Lipinski definition) is 6. The number of halogens is 1. The summed E-state index contributed by atoms with van der Waals surface area (Å²) in [7, 11) is 1.56. The predicted octanol–water partition coefficient (Wildman–Crippen LogP) is 3.96. The molecular formula is C20H17FN4O3S. The Morgan fingerprint density at radius 3 is 2.79 bits per heavy atom. The van der Waals surface area contributed by atoms with Crippen LogP contribution in [0.5, 0.6) is 11.5 Å². The van der Waals surface area contributed by atoms with Crippen LogP contribution in [0.25, 0.3) is 15.3 Å². The van der Waals surface area contributed by atoms with Gasteiger partial charge in [-0.15, -0.1) is 0 Å². The minimum atomic E-state index is -0.397. The molecule has 0 aliphatic heterocycles. The first kappa shape index (κ1) is 18.9. The maximum absolute atomic E-state index is 14.0. The average Bonchev–Trinajstić information content (AvgIpc) is 3.30. The molecule has 9 heteroatoms. The number of benzene rings is 2. The number of nitrogens with zero attached hydrogens (tertiary/aromatic N) is 3. The Morgan fingerprint density at radius 2 is 2.00 bits per heavy atom. The molecule has 1 N–H and O–H groups in total. The quantitative estimate of drug-likeness (QED) is 0.519. The summed E-state index contributed by atoms with van der Waals surface area (Å²) in [6.45, 7) is 1.61. The maximum Gasteiger partial charge on any atom is 0.263 e. The zero-order valence-corrected chi connectivity index (χ0v) is 16.5. The highest BCUT2D eigenvalue weighted by Crippen LogP contribution is 2.28. The molecule has 0 aliphatic rings. The molecule has 4 rings (SSSR count). The lowest BCUT2D eigenvalue weighted by Crippen LogP contribution is -2.21. The summed E-state index contributed by atoms with van der Waals surface area (Å²) in [5.74, 6) is 0.833. The topological polar surface area (TPSA) is 78.3 Å². The Bertz CT molecular complexity index is 1190. The number of fused-ring (bicyclic) bond motifs is 1. The number of thiazole rings is 1. The molecule has 2 aromatic carbocycles. The largest absolute Gasteiger partial charge is 0.497 e. The molecule has 29 heavy (non-hydrogen) atoms. The van der Waals surface area contributed by atoms with Crippen LogP contribution in [0.2, 0.25) is 0 Å². The van der Waals surface area contributed by atoms with Crippen LogP contribution < -0.4 is 14.8 Å². The molecule has 0 atom stereocenters. The number of anilines is 1. The second-order valence-electron chi connectivity index (χ2n) is 6.18. The first-order chi connectivity index (χ1) is 14.0. The lowest BCUT2D eigenvalue weighted by atomic mass is 10.3. The van der Waals surface area contributed by atoms with Gasteiger partial charge in [0, 0.05) is 12.1 Å². The van der Waals surface area contributed by atoms with E-state index in [1.807, 2.05) is 0 Å². The highest BCUT2D eigenvalue weighted by Gasteiger charge is 2.16. The highest BCUT2D eigenvalue weighted by atomic mass is 32.1. The SMILES string of the molecule is COc1cccc(OCC(=O)Nc2cc(C)nn2-c2nc3c(F)cccc3s2)c1. The van der Waals surface area contributed by atoms with Crippen LogP contribution in [-0.4, -0.2) is 34.4 Å². The first-order valence-corrected chi connectivity index (χ1v) is 9.54. The van der Waals surface area contributed by atoms with Gasteiger partial charge in [-0.05, 0) is 31.2 Å². The van der Waals surface area contributed by atoms with Crippen molar-refractivity contribution in [1.82, 2.24) is 14.8 Å². The molecule has 1 amide bonds. The van der Waals surface area contributed by atoms with Gasteiger partial charge in [-0.25, -0.2) is 9.37 Å². The maximum atomic E-state index is 14.0. The number of aryl methyl sites for hydroxylation is 1. The molecule has 0 saturated heterocycles. The van der Waals surface area contributed by atoms with Crippen LogP contribution in [0.1, 0.15) is 5.69 Å². The number of para-hydroxylation sites is 1. The molecule has 0 aliphatic carbocycles. The second kappa shape index (κ2) is 7.88. The Kier molecular flexibility index (Phi) is 5.13. The zero-order valence-electron chi connectivity index (χ0n) is 15.7. The Balaban J connectivity index is 1.51. The van der Waals surface area contributed by atoms with Crippen LogP contribution in [0.15, 0.2) is 48.5 Å². The summed E-state index contributed by atoms with van der Waals surface area (Å²) >= 11 is 1.29. The van der Waals surface area contributed by atoms with E-state index in [0.29, 0.717) is 32.8 Å². The number of aromatic nitrogens is 3. The number of rotatable bonds is 6. The summed E-state index contributed by atoms with van der Waals surface area (Å²) < 4.78 is 26.8. The Hall–Kier alpha value is -3.46. The van der Waals surface area contributed by atoms with Gasteiger partial charge in [-0.2, -0.15) is 9.78 Å². The zero-order chi connectivity index (χ0) is 20.4. The first-order valence-electron chi connectivity index (χ1n) is 8.72. The summed E-state index contributed by atoms with van der Waals surface area (Å²) in [5.41, 5.74) is 0.966. The highest BCUT2D eigenvalue weighted by molar-refractivity contribution is 7.20. The standard InChI is InChI=1S/C20H17FN4O3S/c1-12-9-17(22-18(26)11-28-14-6-3-5-13(10-14)27-2)25(24-12)20-23-19-15(21)7-4-8-16(19)29-20/h3-10H,11H2,1-2H3,(H,22,26). The van der Waals surface area contributed by atoms with Crippen molar-refractivity contribution < 1.29 is 18.7 Å². The van der Waals surface area contributed by atoms with Gasteiger partial charge in [0.25, 0.3) is 5.91 Å². The smallest absolute Gasteiger partial charge is 0.263 e. The van der Waals surface area contributed by atoms with E-state index in [1.165, 1.54) is 22.1 Å². The monoisotopic (exact) mass is 412 g/mol. The van der Waals surface area contributed by atoms with Crippen molar-refractivity contribution in [1.29, 1.82) is 0 Å². The lowest BCUT2D eigenvalue weighted by molar-refractivity contribution is -0.118. The Morgan fingerprint density at radius 1 is 1.21 bits per heavy atom. The number of methoxy groups -OCH3 is 1. The van der Waals surface area contributed by atoms with E-state index in [-0.39, 0.29) is 18.0 Å². The van der Waals surface area contributed by atoms with E-state index in [1.54, 1.807) is 56.5 Å². The van der Waals surface area contributed by atoms with Crippen molar-refractivity contribution in [2.24, 2.45) is 0 Å². The van der Waals surface area contributed by atoms with Gasteiger partial charge < -0.3 is 14.8 Å². The lowest BCUT2D eigenvalue weighted by Gasteiger charge is -2.09. The molecule has 4 aromatic rings. The third-order valence-electron chi connectivity index (χ3n) is 4.05. The summed E-state index contributed by atoms with van der Waals surface area (Å²) in [4.78, 5) is 16.7. The molecule has 0 unspecified atom stereocenters. The van der Waals surface area contributed by atoms with Crippen molar-refractivity contribution in [3.05, 3.63) is 60.0 Å². The van der Waals surface area contributed by atoms with Gasteiger partial charge in [0.2, 0.25) is 5.13 Å². The van der Waals surface area contributed by atoms with E-state index in [0.717, 1.165) is 0 Å². The molecule has 2 heterocycles. The summed E-state index contributed by atoms with van der Waals surface area (Å²) in [6, 6.07) is 13.5.